The maximum absolute atomic E-state index is 10.7. The van der Waals surface area contributed by atoms with Crippen LogP contribution < -0.4 is 9.64 Å². The molecule has 3 aromatic rings. The van der Waals surface area contributed by atoms with Crippen molar-refractivity contribution in [3.63, 3.8) is 0 Å². The molecular weight excluding hydrogens is 356 g/mol. The van der Waals surface area contributed by atoms with Crippen LogP contribution in [-0.4, -0.2) is 49.8 Å². The lowest BCUT2D eigenvalue weighted by Crippen LogP contribution is -2.46. The summed E-state index contributed by atoms with van der Waals surface area (Å²) >= 11 is 1.71. The molecule has 0 aliphatic carbocycles. The maximum atomic E-state index is 10.7. The maximum Gasteiger partial charge on any atom is 0.120 e. The number of aliphatic hydroxyl groups excluding tert-OH is 1. The number of nitrogens with zero attached hydrogens (tertiary/aromatic N) is 2. The van der Waals surface area contributed by atoms with Crippen molar-refractivity contribution in [1.82, 2.24) is 4.90 Å². The molecule has 2 heterocycles. The van der Waals surface area contributed by atoms with Gasteiger partial charge in [0.05, 0.1) is 13.2 Å². The van der Waals surface area contributed by atoms with Crippen molar-refractivity contribution in [3.8, 4) is 5.75 Å². The number of hydrogen-bond acceptors (Lipinski definition) is 5. The first kappa shape index (κ1) is 18.3. The summed E-state index contributed by atoms with van der Waals surface area (Å²) < 4.78 is 6.58. The zero-order valence-electron chi connectivity index (χ0n) is 15.7. The van der Waals surface area contributed by atoms with Crippen LogP contribution in [0.25, 0.3) is 10.1 Å². The highest BCUT2D eigenvalue weighted by Crippen LogP contribution is 2.31. The zero-order valence-corrected chi connectivity index (χ0v) is 16.5. The van der Waals surface area contributed by atoms with Crippen molar-refractivity contribution in [2.24, 2.45) is 0 Å². The summed E-state index contributed by atoms with van der Waals surface area (Å²) in [5.41, 5.74) is 2.30. The van der Waals surface area contributed by atoms with Crippen molar-refractivity contribution < 1.29 is 9.84 Å². The first-order chi connectivity index (χ1) is 13.2. The van der Waals surface area contributed by atoms with Crippen LogP contribution in [0.15, 0.2) is 53.9 Å². The minimum absolute atomic E-state index is 0.391. The molecule has 5 heteroatoms. The molecule has 4 nitrogen and oxygen atoms in total. The predicted molar refractivity (Wildman–Crippen MR) is 113 cm³/mol. The summed E-state index contributed by atoms with van der Waals surface area (Å²) in [6, 6.07) is 16.6. The second kappa shape index (κ2) is 8.30. The Morgan fingerprint density at radius 2 is 1.89 bits per heavy atom. The van der Waals surface area contributed by atoms with Gasteiger partial charge in [-0.1, -0.05) is 24.3 Å². The normalized spacial score (nSPS) is 16.6. The smallest absolute Gasteiger partial charge is 0.120 e. The Morgan fingerprint density at radius 1 is 1.07 bits per heavy atom. The Labute approximate surface area is 164 Å². The molecule has 1 unspecified atom stereocenters. The van der Waals surface area contributed by atoms with Crippen LogP contribution in [0.2, 0.25) is 0 Å². The standard InChI is InChI=1S/C22H26N2O2S/c1-26-18-6-4-5-17(15-18)24-13-11-23(12-14-24)10-9-21(25)20-16-27-22-8-3-2-7-19(20)22/h2-8,15-16,21,25H,9-14H2,1H3. The molecule has 0 spiro atoms. The minimum Gasteiger partial charge on any atom is -0.497 e. The lowest BCUT2D eigenvalue weighted by molar-refractivity contribution is 0.141. The summed E-state index contributed by atoms with van der Waals surface area (Å²) in [6.45, 7) is 4.98. The van der Waals surface area contributed by atoms with Crippen LogP contribution in [0.5, 0.6) is 5.75 Å². The quantitative estimate of drug-likeness (QED) is 0.695. The Bertz CT molecular complexity index is 887. The first-order valence-electron chi connectivity index (χ1n) is 9.50. The van der Waals surface area contributed by atoms with Gasteiger partial charge in [0.2, 0.25) is 0 Å². The number of thiophene rings is 1. The highest BCUT2D eigenvalue weighted by Gasteiger charge is 2.19. The van der Waals surface area contributed by atoms with E-state index in [4.69, 9.17) is 4.74 Å². The Hall–Kier alpha value is -2.08. The lowest BCUT2D eigenvalue weighted by atomic mass is 10.1. The van der Waals surface area contributed by atoms with Gasteiger partial charge >= 0.3 is 0 Å². The molecule has 142 valence electrons. The Kier molecular flexibility index (Phi) is 5.62. The molecule has 0 amide bonds. The molecule has 27 heavy (non-hydrogen) atoms. The summed E-state index contributed by atoms with van der Waals surface area (Å²) in [5, 5.41) is 14.0. The van der Waals surface area contributed by atoms with Gasteiger partial charge in [-0.2, -0.15) is 0 Å². The van der Waals surface area contributed by atoms with Crippen LogP contribution >= 0.6 is 11.3 Å². The zero-order chi connectivity index (χ0) is 18.6. The number of fused-ring (bicyclic) bond motifs is 1. The predicted octanol–water partition coefficient (Wildman–Crippen LogP) is 4.16. The number of methoxy groups -OCH3 is 1. The fraction of sp³-hybridized carbons (Fsp3) is 0.364. The third kappa shape index (κ3) is 4.10. The molecule has 1 fully saturated rings. The third-order valence-corrected chi connectivity index (χ3v) is 6.36. The number of hydrogen-bond donors (Lipinski definition) is 1. The van der Waals surface area contributed by atoms with Gasteiger partial charge in [-0.05, 0) is 40.9 Å². The highest BCUT2D eigenvalue weighted by atomic mass is 32.1. The molecule has 0 saturated carbocycles. The van der Waals surface area contributed by atoms with E-state index < -0.39 is 6.10 Å². The van der Waals surface area contributed by atoms with E-state index in [9.17, 15) is 5.11 Å². The first-order valence-corrected chi connectivity index (χ1v) is 10.4. The van der Waals surface area contributed by atoms with E-state index in [-0.39, 0.29) is 0 Å². The van der Waals surface area contributed by atoms with Crippen LogP contribution in [-0.2, 0) is 0 Å². The van der Waals surface area contributed by atoms with E-state index in [0.29, 0.717) is 0 Å². The van der Waals surface area contributed by atoms with E-state index in [1.54, 1.807) is 18.4 Å². The molecule has 1 aromatic heterocycles. The van der Waals surface area contributed by atoms with E-state index in [2.05, 4.69) is 45.5 Å². The van der Waals surface area contributed by atoms with Crippen molar-refractivity contribution in [2.45, 2.75) is 12.5 Å². The average molecular weight is 383 g/mol. The van der Waals surface area contributed by atoms with Crippen molar-refractivity contribution in [2.75, 3.05) is 44.7 Å². The molecule has 1 aliphatic heterocycles. The fourth-order valence-corrected chi connectivity index (χ4v) is 4.76. The highest BCUT2D eigenvalue weighted by molar-refractivity contribution is 7.17. The van der Waals surface area contributed by atoms with Gasteiger partial charge in [-0.15, -0.1) is 11.3 Å². The molecule has 2 aromatic carbocycles. The van der Waals surface area contributed by atoms with Gasteiger partial charge in [-0.25, -0.2) is 0 Å². The topological polar surface area (TPSA) is 35.9 Å². The Balaban J connectivity index is 1.30. The van der Waals surface area contributed by atoms with E-state index in [1.807, 2.05) is 18.2 Å². The molecule has 0 bridgehead atoms. The van der Waals surface area contributed by atoms with Crippen LogP contribution in [0.1, 0.15) is 18.1 Å². The second-order valence-corrected chi connectivity index (χ2v) is 7.93. The van der Waals surface area contributed by atoms with Gasteiger partial charge < -0.3 is 14.7 Å². The summed E-state index contributed by atoms with van der Waals surface area (Å²) in [5.74, 6) is 0.904. The van der Waals surface area contributed by atoms with Gasteiger partial charge in [0.25, 0.3) is 0 Å². The average Bonchev–Trinajstić information content (AvgIpc) is 3.17. The monoisotopic (exact) mass is 382 g/mol. The molecule has 1 saturated heterocycles. The van der Waals surface area contributed by atoms with E-state index >= 15 is 0 Å². The number of rotatable bonds is 6. The summed E-state index contributed by atoms with van der Waals surface area (Å²) in [7, 11) is 1.71. The Morgan fingerprint density at radius 3 is 2.70 bits per heavy atom. The van der Waals surface area contributed by atoms with Gasteiger partial charge in [0.1, 0.15) is 5.75 Å². The molecule has 1 N–H and O–H groups in total. The SMILES string of the molecule is COc1cccc(N2CCN(CCC(O)c3csc4ccccc34)CC2)c1. The molecular formula is C22H26N2O2S. The third-order valence-electron chi connectivity index (χ3n) is 5.38. The number of piperazine rings is 1. The van der Waals surface area contributed by atoms with Crippen LogP contribution in [0.3, 0.4) is 0 Å². The number of benzene rings is 2. The minimum atomic E-state index is -0.391. The molecule has 1 aliphatic rings. The van der Waals surface area contributed by atoms with E-state index in [1.165, 1.54) is 15.8 Å². The molecule has 0 radical (unpaired) electrons. The summed E-state index contributed by atoms with van der Waals surface area (Å²) in [4.78, 5) is 4.86. The second-order valence-electron chi connectivity index (χ2n) is 7.02. The van der Waals surface area contributed by atoms with Crippen molar-refractivity contribution in [3.05, 3.63) is 59.5 Å². The summed E-state index contributed by atoms with van der Waals surface area (Å²) in [6.07, 6.45) is 0.387. The van der Waals surface area contributed by atoms with E-state index in [0.717, 1.165) is 50.5 Å². The van der Waals surface area contributed by atoms with Gasteiger partial charge in [-0.3, -0.25) is 4.90 Å². The van der Waals surface area contributed by atoms with Gasteiger partial charge in [0, 0.05) is 49.2 Å². The van der Waals surface area contributed by atoms with Crippen LogP contribution in [0.4, 0.5) is 5.69 Å². The number of ether oxygens (including phenoxy) is 1. The molecule has 4 rings (SSSR count). The largest absolute Gasteiger partial charge is 0.497 e. The molecule has 1 atom stereocenters. The van der Waals surface area contributed by atoms with Gasteiger partial charge in [0.15, 0.2) is 0 Å². The van der Waals surface area contributed by atoms with Crippen LogP contribution in [0, 0.1) is 0 Å². The van der Waals surface area contributed by atoms with Crippen molar-refractivity contribution in [1.29, 1.82) is 0 Å². The number of anilines is 1. The van der Waals surface area contributed by atoms with Crippen molar-refractivity contribution >= 4 is 27.1 Å². The fourth-order valence-electron chi connectivity index (χ4n) is 3.75. The number of aliphatic hydroxyl groups is 1. The lowest BCUT2D eigenvalue weighted by Gasteiger charge is -2.36.